The lowest BCUT2D eigenvalue weighted by Gasteiger charge is -2.24. The van der Waals surface area contributed by atoms with Gasteiger partial charge in [-0.05, 0) is 30.2 Å². The molecule has 1 unspecified atom stereocenters. The fourth-order valence-electron chi connectivity index (χ4n) is 2.29. The van der Waals surface area contributed by atoms with Crippen molar-refractivity contribution in [2.24, 2.45) is 0 Å². The number of hydrogen-bond donors (Lipinski definition) is 0. The first-order valence-corrected chi connectivity index (χ1v) is 7.10. The van der Waals surface area contributed by atoms with E-state index in [2.05, 4.69) is 22.0 Å². The molecule has 0 aromatic heterocycles. The molecular weight excluding hydrogens is 314 g/mol. The van der Waals surface area contributed by atoms with E-state index >= 15 is 0 Å². The number of rotatable bonds is 4. The van der Waals surface area contributed by atoms with E-state index in [9.17, 15) is 10.1 Å². The van der Waals surface area contributed by atoms with Crippen LogP contribution in [-0.2, 0) is 16.6 Å². The highest BCUT2D eigenvalue weighted by Crippen LogP contribution is 2.30. The van der Waals surface area contributed by atoms with Crippen LogP contribution in [0, 0.1) is 11.3 Å². The zero-order valence-electron chi connectivity index (χ0n) is 11.1. The van der Waals surface area contributed by atoms with Crippen molar-refractivity contribution in [3.8, 4) is 6.07 Å². The molecule has 0 N–H and O–H groups in total. The van der Waals surface area contributed by atoms with Gasteiger partial charge in [-0.15, -0.1) is 0 Å². The van der Waals surface area contributed by atoms with E-state index in [1.54, 1.807) is 0 Å². The first kappa shape index (κ1) is 14.5. The van der Waals surface area contributed by atoms with Gasteiger partial charge in [0.2, 0.25) is 0 Å². The van der Waals surface area contributed by atoms with E-state index in [1.807, 2.05) is 54.6 Å². The Morgan fingerprint density at radius 1 is 1.20 bits per heavy atom. The van der Waals surface area contributed by atoms with Gasteiger partial charge in [-0.2, -0.15) is 5.26 Å². The lowest BCUT2D eigenvalue weighted by molar-refractivity contribution is -0.120. The molecule has 0 bridgehead atoms. The van der Waals surface area contributed by atoms with Crippen molar-refractivity contribution < 1.29 is 4.79 Å². The third-order valence-electron chi connectivity index (χ3n) is 3.42. The summed E-state index contributed by atoms with van der Waals surface area (Å²) in [4.78, 5) is 12.2. The monoisotopic (exact) mass is 327 g/mol. The number of nitriles is 1. The van der Waals surface area contributed by atoms with Crippen LogP contribution in [-0.4, -0.2) is 5.78 Å². The van der Waals surface area contributed by atoms with Gasteiger partial charge in [0.15, 0.2) is 5.78 Å². The summed E-state index contributed by atoms with van der Waals surface area (Å²) in [6.07, 6.45) is 0.377. The summed E-state index contributed by atoms with van der Waals surface area (Å²) in [6, 6.07) is 19.2. The number of ketones is 1. The van der Waals surface area contributed by atoms with E-state index in [-0.39, 0.29) is 5.78 Å². The number of hydrogen-bond acceptors (Lipinski definition) is 2. The summed E-state index contributed by atoms with van der Waals surface area (Å²) in [5.74, 6) is -0.133. The maximum atomic E-state index is 12.2. The van der Waals surface area contributed by atoms with Crippen molar-refractivity contribution in [3.63, 3.8) is 0 Å². The molecule has 0 heterocycles. The number of carbonyl (C=O) groups is 1. The number of halogens is 1. The number of carbonyl (C=O) groups excluding carboxylic acids is 1. The Balaban J connectivity index is 2.49. The van der Waals surface area contributed by atoms with Crippen LogP contribution < -0.4 is 0 Å². The second kappa shape index (κ2) is 6.02. The normalized spacial score (nSPS) is 13.2. The number of nitrogens with zero attached hydrogens (tertiary/aromatic N) is 1. The molecule has 1 atom stereocenters. The van der Waals surface area contributed by atoms with Gasteiger partial charge >= 0.3 is 0 Å². The minimum atomic E-state index is -1.12. The zero-order chi connectivity index (χ0) is 14.6. The minimum absolute atomic E-state index is 0.133. The van der Waals surface area contributed by atoms with Gasteiger partial charge < -0.3 is 0 Å². The molecule has 0 saturated carbocycles. The van der Waals surface area contributed by atoms with Crippen LogP contribution in [0.5, 0.6) is 0 Å². The summed E-state index contributed by atoms with van der Waals surface area (Å²) in [6.45, 7) is 1.48. The van der Waals surface area contributed by atoms with Gasteiger partial charge in [-0.25, -0.2) is 0 Å². The van der Waals surface area contributed by atoms with E-state index in [0.717, 1.165) is 15.6 Å². The predicted molar refractivity (Wildman–Crippen MR) is 82.3 cm³/mol. The third kappa shape index (κ3) is 2.81. The molecule has 0 aliphatic rings. The summed E-state index contributed by atoms with van der Waals surface area (Å²) >= 11 is 3.42. The Labute approximate surface area is 127 Å². The van der Waals surface area contributed by atoms with Crippen molar-refractivity contribution in [2.75, 3.05) is 0 Å². The number of Topliss-reactive ketones (excluding diaryl/α,β-unsaturated/α-hetero) is 1. The van der Waals surface area contributed by atoms with Crippen LogP contribution in [0.4, 0.5) is 0 Å². The molecule has 2 aromatic carbocycles. The Morgan fingerprint density at radius 3 is 2.45 bits per heavy atom. The smallest absolute Gasteiger partial charge is 0.154 e. The van der Waals surface area contributed by atoms with Gasteiger partial charge in [0.25, 0.3) is 0 Å². The molecule has 0 aliphatic heterocycles. The van der Waals surface area contributed by atoms with E-state index in [4.69, 9.17) is 0 Å². The average molecular weight is 328 g/mol. The first-order chi connectivity index (χ1) is 9.58. The van der Waals surface area contributed by atoms with Gasteiger partial charge in [-0.1, -0.05) is 58.4 Å². The lowest BCUT2D eigenvalue weighted by Crippen LogP contribution is -2.35. The summed E-state index contributed by atoms with van der Waals surface area (Å²) in [5.41, 5.74) is 0.581. The molecule has 0 amide bonds. The highest BCUT2D eigenvalue weighted by molar-refractivity contribution is 9.10. The SMILES string of the molecule is CC(=O)C(C#N)(Cc1cccc(Br)c1)c1ccccc1. The maximum absolute atomic E-state index is 12.2. The minimum Gasteiger partial charge on any atom is -0.298 e. The van der Waals surface area contributed by atoms with Crippen LogP contribution in [0.2, 0.25) is 0 Å². The van der Waals surface area contributed by atoms with Gasteiger partial charge in [0.05, 0.1) is 6.07 Å². The fraction of sp³-hybridized carbons (Fsp3) is 0.176. The molecule has 3 heteroatoms. The second-order valence-electron chi connectivity index (χ2n) is 4.75. The van der Waals surface area contributed by atoms with Crippen LogP contribution in [0.1, 0.15) is 18.1 Å². The standard InChI is InChI=1S/C17H14BrNO/c1-13(20)17(12-19,15-7-3-2-4-8-15)11-14-6-5-9-16(18)10-14/h2-10H,11H2,1H3. The van der Waals surface area contributed by atoms with E-state index in [0.29, 0.717) is 6.42 Å². The van der Waals surface area contributed by atoms with Crippen LogP contribution in [0.25, 0.3) is 0 Å². The van der Waals surface area contributed by atoms with Gasteiger partial charge in [0.1, 0.15) is 5.41 Å². The molecule has 0 fully saturated rings. The van der Waals surface area contributed by atoms with Crippen LogP contribution >= 0.6 is 15.9 Å². The second-order valence-corrected chi connectivity index (χ2v) is 5.66. The van der Waals surface area contributed by atoms with Crippen molar-refractivity contribution in [1.82, 2.24) is 0 Å². The molecule has 2 nitrogen and oxygen atoms in total. The molecule has 0 spiro atoms. The van der Waals surface area contributed by atoms with Crippen LogP contribution in [0.3, 0.4) is 0 Å². The fourth-order valence-corrected chi connectivity index (χ4v) is 2.74. The summed E-state index contributed by atoms with van der Waals surface area (Å²) in [5, 5.41) is 9.65. The van der Waals surface area contributed by atoms with Gasteiger partial charge in [0, 0.05) is 10.9 Å². The maximum Gasteiger partial charge on any atom is 0.154 e. The Morgan fingerprint density at radius 2 is 1.90 bits per heavy atom. The predicted octanol–water partition coefficient (Wildman–Crippen LogP) is 4.04. The third-order valence-corrected chi connectivity index (χ3v) is 3.91. The van der Waals surface area contributed by atoms with E-state index in [1.165, 1.54) is 6.92 Å². The quantitative estimate of drug-likeness (QED) is 0.850. The Bertz CT molecular complexity index is 660. The molecule has 20 heavy (non-hydrogen) atoms. The highest BCUT2D eigenvalue weighted by atomic mass is 79.9. The molecular formula is C17H14BrNO. The molecule has 2 rings (SSSR count). The van der Waals surface area contributed by atoms with Gasteiger partial charge in [-0.3, -0.25) is 4.79 Å². The molecule has 0 saturated heterocycles. The number of benzene rings is 2. The summed E-state index contributed by atoms with van der Waals surface area (Å²) in [7, 11) is 0. The largest absolute Gasteiger partial charge is 0.298 e. The van der Waals surface area contributed by atoms with Crippen LogP contribution in [0.15, 0.2) is 59.1 Å². The van der Waals surface area contributed by atoms with Crippen molar-refractivity contribution in [1.29, 1.82) is 5.26 Å². The van der Waals surface area contributed by atoms with Crippen molar-refractivity contribution in [2.45, 2.75) is 18.8 Å². The Kier molecular flexibility index (Phi) is 4.36. The Hall–Kier alpha value is -1.92. The summed E-state index contributed by atoms with van der Waals surface area (Å²) < 4.78 is 0.943. The lowest BCUT2D eigenvalue weighted by atomic mass is 9.74. The highest BCUT2D eigenvalue weighted by Gasteiger charge is 2.37. The van der Waals surface area contributed by atoms with Crippen molar-refractivity contribution >= 4 is 21.7 Å². The van der Waals surface area contributed by atoms with Crippen molar-refractivity contribution in [3.05, 3.63) is 70.2 Å². The molecule has 100 valence electrons. The first-order valence-electron chi connectivity index (χ1n) is 6.31. The molecule has 2 aromatic rings. The average Bonchev–Trinajstić information content (AvgIpc) is 2.45. The molecule has 0 radical (unpaired) electrons. The van der Waals surface area contributed by atoms with E-state index < -0.39 is 5.41 Å². The zero-order valence-corrected chi connectivity index (χ0v) is 12.7. The topological polar surface area (TPSA) is 40.9 Å². The molecule has 0 aliphatic carbocycles.